The van der Waals surface area contributed by atoms with Gasteiger partial charge in [0.15, 0.2) is 0 Å². The molecule has 1 aromatic carbocycles. The first-order valence-corrected chi connectivity index (χ1v) is 5.88. The van der Waals surface area contributed by atoms with Gasteiger partial charge in [0.05, 0.1) is 6.04 Å². The van der Waals surface area contributed by atoms with Gasteiger partial charge < -0.3 is 4.74 Å². The van der Waals surface area contributed by atoms with E-state index in [0.29, 0.717) is 11.6 Å². The number of benzene rings is 1. The molecule has 3 N–H and O–H groups in total. The van der Waals surface area contributed by atoms with E-state index in [4.69, 9.17) is 22.2 Å². The highest BCUT2D eigenvalue weighted by Gasteiger charge is 2.06. The Hall–Kier alpha value is -1.21. The molecular formula is C13H17ClN2O. The SMILES string of the molecule is CC#CCCC(COc1ccc(Cl)cc1)NN. The number of hydrazine groups is 1. The lowest BCUT2D eigenvalue weighted by atomic mass is 10.2. The standard InChI is InChI=1S/C13H17ClN2O/c1-2-3-4-5-12(16-15)10-17-13-8-6-11(14)7-9-13/h6-9,12,16H,4-5,10,15H2,1H3. The molecular weight excluding hydrogens is 236 g/mol. The first kappa shape index (κ1) is 13.9. The summed E-state index contributed by atoms with van der Waals surface area (Å²) in [5.74, 6) is 12.1. The van der Waals surface area contributed by atoms with E-state index in [1.807, 2.05) is 19.1 Å². The van der Waals surface area contributed by atoms with Crippen LogP contribution < -0.4 is 16.0 Å². The molecule has 0 aliphatic carbocycles. The average molecular weight is 253 g/mol. The van der Waals surface area contributed by atoms with Gasteiger partial charge >= 0.3 is 0 Å². The fourth-order valence-corrected chi connectivity index (χ4v) is 1.44. The smallest absolute Gasteiger partial charge is 0.119 e. The Morgan fingerprint density at radius 1 is 1.41 bits per heavy atom. The normalized spacial score (nSPS) is 11.5. The summed E-state index contributed by atoms with van der Waals surface area (Å²) in [6.07, 6.45) is 1.68. The minimum absolute atomic E-state index is 0.103. The van der Waals surface area contributed by atoms with Crippen LogP contribution in [0, 0.1) is 11.8 Å². The van der Waals surface area contributed by atoms with E-state index >= 15 is 0 Å². The van der Waals surface area contributed by atoms with Crippen molar-refractivity contribution in [1.82, 2.24) is 5.43 Å². The summed E-state index contributed by atoms with van der Waals surface area (Å²) >= 11 is 5.78. The summed E-state index contributed by atoms with van der Waals surface area (Å²) in [6.45, 7) is 2.35. The van der Waals surface area contributed by atoms with Crippen molar-refractivity contribution in [3.8, 4) is 17.6 Å². The number of hydrogen-bond acceptors (Lipinski definition) is 3. The molecule has 4 heteroatoms. The van der Waals surface area contributed by atoms with Crippen LogP contribution in [0.25, 0.3) is 0 Å². The first-order valence-electron chi connectivity index (χ1n) is 5.50. The maximum atomic E-state index is 5.78. The molecule has 0 radical (unpaired) electrons. The molecule has 0 heterocycles. The molecule has 1 aromatic rings. The van der Waals surface area contributed by atoms with E-state index in [1.54, 1.807) is 12.1 Å². The first-order chi connectivity index (χ1) is 8.26. The van der Waals surface area contributed by atoms with Crippen LogP contribution in [0.4, 0.5) is 0 Å². The van der Waals surface area contributed by atoms with Gasteiger partial charge in [-0.05, 0) is 37.6 Å². The highest BCUT2D eigenvalue weighted by Crippen LogP contribution is 2.15. The molecule has 0 bridgehead atoms. The van der Waals surface area contributed by atoms with E-state index in [-0.39, 0.29) is 6.04 Å². The molecule has 1 unspecified atom stereocenters. The van der Waals surface area contributed by atoms with Crippen LogP contribution in [0.5, 0.6) is 5.75 Å². The van der Waals surface area contributed by atoms with Gasteiger partial charge in [0.2, 0.25) is 0 Å². The zero-order valence-corrected chi connectivity index (χ0v) is 10.6. The highest BCUT2D eigenvalue weighted by atomic mass is 35.5. The molecule has 0 amide bonds. The summed E-state index contributed by atoms with van der Waals surface area (Å²) in [4.78, 5) is 0. The lowest BCUT2D eigenvalue weighted by Crippen LogP contribution is -2.39. The van der Waals surface area contributed by atoms with Crippen molar-refractivity contribution in [1.29, 1.82) is 0 Å². The molecule has 1 atom stereocenters. The molecule has 0 aromatic heterocycles. The van der Waals surface area contributed by atoms with Gasteiger partial charge in [-0.3, -0.25) is 11.3 Å². The number of nitrogens with one attached hydrogen (secondary N) is 1. The Kier molecular flexibility index (Phi) is 6.49. The van der Waals surface area contributed by atoms with Crippen LogP contribution in [0.1, 0.15) is 19.8 Å². The largest absolute Gasteiger partial charge is 0.492 e. The Morgan fingerprint density at radius 3 is 2.71 bits per heavy atom. The second-order valence-electron chi connectivity index (χ2n) is 3.59. The minimum atomic E-state index is 0.103. The van der Waals surface area contributed by atoms with Crippen molar-refractivity contribution in [3.05, 3.63) is 29.3 Å². The third-order valence-corrected chi connectivity index (χ3v) is 2.55. The van der Waals surface area contributed by atoms with Gasteiger partial charge in [-0.1, -0.05) is 11.6 Å². The molecule has 0 saturated carbocycles. The molecule has 17 heavy (non-hydrogen) atoms. The van der Waals surface area contributed by atoms with Crippen LogP contribution in [-0.2, 0) is 0 Å². The van der Waals surface area contributed by atoms with Gasteiger partial charge in [-0.2, -0.15) is 0 Å². The lowest BCUT2D eigenvalue weighted by Gasteiger charge is -2.15. The van der Waals surface area contributed by atoms with Crippen LogP contribution in [0.15, 0.2) is 24.3 Å². The quantitative estimate of drug-likeness (QED) is 0.464. The summed E-state index contributed by atoms with van der Waals surface area (Å²) in [5, 5.41) is 0.698. The maximum Gasteiger partial charge on any atom is 0.119 e. The second kappa shape index (κ2) is 7.97. The van der Waals surface area contributed by atoms with E-state index in [2.05, 4.69) is 17.3 Å². The van der Waals surface area contributed by atoms with Gasteiger partial charge in [0.25, 0.3) is 0 Å². The molecule has 0 aliphatic rings. The number of halogens is 1. The summed E-state index contributed by atoms with van der Waals surface area (Å²) in [5.41, 5.74) is 2.72. The number of ether oxygens (including phenoxy) is 1. The third-order valence-electron chi connectivity index (χ3n) is 2.30. The Bertz CT molecular complexity index is 381. The second-order valence-corrected chi connectivity index (χ2v) is 4.03. The fourth-order valence-electron chi connectivity index (χ4n) is 1.31. The monoisotopic (exact) mass is 252 g/mol. The van der Waals surface area contributed by atoms with Crippen molar-refractivity contribution >= 4 is 11.6 Å². The summed E-state index contributed by atoms with van der Waals surface area (Å²) < 4.78 is 5.60. The predicted molar refractivity (Wildman–Crippen MR) is 70.7 cm³/mol. The number of rotatable bonds is 6. The average Bonchev–Trinajstić information content (AvgIpc) is 2.35. The predicted octanol–water partition coefficient (Wildman–Crippen LogP) is 2.35. The molecule has 92 valence electrons. The summed E-state index contributed by atoms with van der Waals surface area (Å²) in [6, 6.07) is 7.37. The van der Waals surface area contributed by atoms with Crippen LogP contribution in [0.2, 0.25) is 5.02 Å². The van der Waals surface area contributed by atoms with E-state index in [9.17, 15) is 0 Å². The molecule has 0 spiro atoms. The van der Waals surface area contributed by atoms with E-state index in [1.165, 1.54) is 0 Å². The number of nitrogens with two attached hydrogens (primary N) is 1. The van der Waals surface area contributed by atoms with Crippen LogP contribution in [0.3, 0.4) is 0 Å². The Balaban J connectivity index is 2.35. The van der Waals surface area contributed by atoms with Crippen molar-refractivity contribution in [3.63, 3.8) is 0 Å². The van der Waals surface area contributed by atoms with Gasteiger partial charge in [-0.15, -0.1) is 11.8 Å². The molecule has 0 saturated heterocycles. The molecule has 0 fully saturated rings. The van der Waals surface area contributed by atoms with Gasteiger partial charge in [0.1, 0.15) is 12.4 Å². The van der Waals surface area contributed by atoms with E-state index in [0.717, 1.165) is 18.6 Å². The molecule has 0 aliphatic heterocycles. The molecule has 3 nitrogen and oxygen atoms in total. The van der Waals surface area contributed by atoms with Crippen LogP contribution >= 0.6 is 11.6 Å². The van der Waals surface area contributed by atoms with Crippen molar-refractivity contribution in [2.24, 2.45) is 5.84 Å². The fraction of sp³-hybridized carbons (Fsp3) is 0.385. The maximum absolute atomic E-state index is 5.78. The van der Waals surface area contributed by atoms with Crippen molar-refractivity contribution in [2.75, 3.05) is 6.61 Å². The van der Waals surface area contributed by atoms with Crippen molar-refractivity contribution in [2.45, 2.75) is 25.8 Å². The lowest BCUT2D eigenvalue weighted by molar-refractivity contribution is 0.259. The zero-order valence-electron chi connectivity index (χ0n) is 9.87. The summed E-state index contributed by atoms with van der Waals surface area (Å²) in [7, 11) is 0. The van der Waals surface area contributed by atoms with Gasteiger partial charge in [-0.25, -0.2) is 0 Å². The van der Waals surface area contributed by atoms with Crippen LogP contribution in [-0.4, -0.2) is 12.6 Å². The Morgan fingerprint density at radius 2 is 2.12 bits per heavy atom. The molecule has 1 rings (SSSR count). The van der Waals surface area contributed by atoms with Gasteiger partial charge in [0, 0.05) is 11.4 Å². The van der Waals surface area contributed by atoms with Crippen molar-refractivity contribution < 1.29 is 4.74 Å². The van der Waals surface area contributed by atoms with E-state index < -0.39 is 0 Å². The third kappa shape index (κ3) is 5.60. The zero-order chi connectivity index (χ0) is 12.5. The number of hydrogen-bond donors (Lipinski definition) is 2. The highest BCUT2D eigenvalue weighted by molar-refractivity contribution is 6.30. The topological polar surface area (TPSA) is 47.3 Å². The Labute approximate surface area is 107 Å². The minimum Gasteiger partial charge on any atom is -0.492 e.